The van der Waals surface area contributed by atoms with E-state index in [0.717, 1.165) is 17.7 Å². The van der Waals surface area contributed by atoms with E-state index in [9.17, 15) is 13.6 Å². The van der Waals surface area contributed by atoms with E-state index in [2.05, 4.69) is 5.32 Å². The second kappa shape index (κ2) is 7.18. The van der Waals surface area contributed by atoms with Crippen LogP contribution in [0.4, 0.5) is 8.78 Å². The van der Waals surface area contributed by atoms with E-state index in [4.69, 9.17) is 11.6 Å². The Kier molecular flexibility index (Phi) is 5.28. The Morgan fingerprint density at radius 3 is 2.48 bits per heavy atom. The van der Waals surface area contributed by atoms with Crippen LogP contribution in [0.2, 0.25) is 0 Å². The van der Waals surface area contributed by atoms with Crippen molar-refractivity contribution in [2.75, 3.05) is 6.54 Å². The highest BCUT2D eigenvalue weighted by Crippen LogP contribution is 2.18. The van der Waals surface area contributed by atoms with Crippen LogP contribution in [-0.4, -0.2) is 12.5 Å². The van der Waals surface area contributed by atoms with Gasteiger partial charge in [-0.3, -0.25) is 4.79 Å². The van der Waals surface area contributed by atoms with Gasteiger partial charge in [0.2, 0.25) is 5.91 Å². The number of carbonyl (C=O) groups excluding carboxylic acids is 1. The third kappa shape index (κ3) is 4.53. The molecule has 0 spiro atoms. The molecule has 1 atom stereocenters. The van der Waals surface area contributed by atoms with Crippen molar-refractivity contribution in [3.63, 3.8) is 0 Å². The predicted molar refractivity (Wildman–Crippen MR) is 78.1 cm³/mol. The second-order valence-corrected chi connectivity index (χ2v) is 5.13. The molecule has 1 amide bonds. The summed E-state index contributed by atoms with van der Waals surface area (Å²) in [5.41, 5.74) is 1.32. The van der Waals surface area contributed by atoms with Gasteiger partial charge in [0.1, 0.15) is 0 Å². The van der Waals surface area contributed by atoms with Crippen LogP contribution in [0.3, 0.4) is 0 Å². The Balaban J connectivity index is 1.86. The quantitative estimate of drug-likeness (QED) is 0.840. The standard InChI is InChI=1S/C16H14ClF2NO/c17-13(12-4-2-1-3-5-12)10-20-16(21)9-11-6-7-14(18)15(19)8-11/h1-8,13H,9-10H2,(H,20,21). The van der Waals surface area contributed by atoms with Gasteiger partial charge in [-0.1, -0.05) is 36.4 Å². The summed E-state index contributed by atoms with van der Waals surface area (Å²) in [5, 5.41) is 2.34. The summed E-state index contributed by atoms with van der Waals surface area (Å²) in [5.74, 6) is -2.17. The first kappa shape index (κ1) is 15.4. The van der Waals surface area contributed by atoms with Gasteiger partial charge in [-0.25, -0.2) is 8.78 Å². The molecule has 0 saturated heterocycles. The van der Waals surface area contributed by atoms with Gasteiger partial charge in [0, 0.05) is 6.54 Å². The number of amides is 1. The van der Waals surface area contributed by atoms with E-state index in [1.165, 1.54) is 6.07 Å². The maximum absolute atomic E-state index is 13.0. The summed E-state index contributed by atoms with van der Waals surface area (Å²) in [7, 11) is 0. The molecule has 1 N–H and O–H groups in total. The maximum Gasteiger partial charge on any atom is 0.224 e. The molecule has 0 saturated carbocycles. The number of rotatable bonds is 5. The minimum absolute atomic E-state index is 0.0183. The number of carbonyl (C=O) groups is 1. The molecule has 5 heteroatoms. The Morgan fingerprint density at radius 1 is 1.10 bits per heavy atom. The first-order chi connectivity index (χ1) is 10.1. The molecular formula is C16H14ClF2NO. The minimum Gasteiger partial charge on any atom is -0.354 e. The van der Waals surface area contributed by atoms with Gasteiger partial charge in [0.05, 0.1) is 11.8 Å². The molecule has 0 radical (unpaired) electrons. The fourth-order valence-electron chi connectivity index (χ4n) is 1.88. The van der Waals surface area contributed by atoms with Crippen LogP contribution in [0.5, 0.6) is 0 Å². The van der Waals surface area contributed by atoms with E-state index in [-0.39, 0.29) is 24.2 Å². The molecule has 0 aromatic heterocycles. The third-order valence-corrected chi connectivity index (χ3v) is 3.39. The fraction of sp³-hybridized carbons (Fsp3) is 0.188. The van der Waals surface area contributed by atoms with Gasteiger partial charge in [-0.2, -0.15) is 0 Å². The topological polar surface area (TPSA) is 29.1 Å². The van der Waals surface area contributed by atoms with Gasteiger partial charge in [-0.15, -0.1) is 11.6 Å². The molecule has 0 aliphatic heterocycles. The molecule has 2 aromatic rings. The molecule has 0 bridgehead atoms. The van der Waals surface area contributed by atoms with E-state index in [0.29, 0.717) is 5.56 Å². The maximum atomic E-state index is 13.0. The summed E-state index contributed by atoms with van der Waals surface area (Å²) in [6, 6.07) is 12.8. The number of hydrogen-bond acceptors (Lipinski definition) is 1. The third-order valence-electron chi connectivity index (χ3n) is 2.99. The van der Waals surface area contributed by atoms with Gasteiger partial charge in [0.25, 0.3) is 0 Å². The van der Waals surface area contributed by atoms with Crippen molar-refractivity contribution < 1.29 is 13.6 Å². The van der Waals surface area contributed by atoms with Crippen LogP contribution in [0.25, 0.3) is 0 Å². The zero-order chi connectivity index (χ0) is 15.2. The lowest BCUT2D eigenvalue weighted by molar-refractivity contribution is -0.120. The molecule has 0 fully saturated rings. The average Bonchev–Trinajstić information content (AvgIpc) is 2.49. The number of nitrogens with one attached hydrogen (secondary N) is 1. The highest BCUT2D eigenvalue weighted by molar-refractivity contribution is 6.21. The Morgan fingerprint density at radius 2 is 1.81 bits per heavy atom. The van der Waals surface area contributed by atoms with Crippen molar-refractivity contribution >= 4 is 17.5 Å². The van der Waals surface area contributed by atoms with Crippen LogP contribution < -0.4 is 5.32 Å². The van der Waals surface area contributed by atoms with Crippen LogP contribution in [0.1, 0.15) is 16.5 Å². The minimum atomic E-state index is -0.959. The van der Waals surface area contributed by atoms with Gasteiger partial charge < -0.3 is 5.32 Å². The van der Waals surface area contributed by atoms with Crippen molar-refractivity contribution in [1.29, 1.82) is 0 Å². The molecule has 1 unspecified atom stereocenters. The van der Waals surface area contributed by atoms with Crippen molar-refractivity contribution in [1.82, 2.24) is 5.32 Å². The first-order valence-electron chi connectivity index (χ1n) is 6.46. The van der Waals surface area contributed by atoms with Crippen molar-refractivity contribution in [3.05, 3.63) is 71.3 Å². The number of alkyl halides is 1. The summed E-state index contributed by atoms with van der Waals surface area (Å²) in [6.45, 7) is 0.272. The number of benzene rings is 2. The van der Waals surface area contributed by atoms with Gasteiger partial charge >= 0.3 is 0 Å². The van der Waals surface area contributed by atoms with Gasteiger partial charge in [-0.05, 0) is 23.3 Å². The Bertz CT molecular complexity index is 619. The van der Waals surface area contributed by atoms with Crippen LogP contribution in [-0.2, 0) is 11.2 Å². The highest BCUT2D eigenvalue weighted by atomic mass is 35.5. The molecule has 2 aromatic carbocycles. The largest absolute Gasteiger partial charge is 0.354 e. The predicted octanol–water partition coefficient (Wildman–Crippen LogP) is 3.60. The molecule has 2 nitrogen and oxygen atoms in total. The molecule has 0 aliphatic rings. The summed E-state index contributed by atoms with van der Waals surface area (Å²) >= 11 is 6.17. The summed E-state index contributed by atoms with van der Waals surface area (Å²) in [6.07, 6.45) is -0.0183. The Labute approximate surface area is 126 Å². The fourth-order valence-corrected chi connectivity index (χ4v) is 2.10. The van der Waals surface area contributed by atoms with Crippen molar-refractivity contribution in [2.24, 2.45) is 0 Å². The average molecular weight is 310 g/mol. The SMILES string of the molecule is O=C(Cc1ccc(F)c(F)c1)NCC(Cl)c1ccccc1. The van der Waals surface area contributed by atoms with E-state index in [1.807, 2.05) is 30.3 Å². The van der Waals surface area contributed by atoms with Crippen molar-refractivity contribution in [3.8, 4) is 0 Å². The zero-order valence-corrected chi connectivity index (χ0v) is 11.9. The van der Waals surface area contributed by atoms with Gasteiger partial charge in [0.15, 0.2) is 11.6 Å². The molecule has 2 rings (SSSR count). The normalized spacial score (nSPS) is 12.0. The van der Waals surface area contributed by atoms with Crippen LogP contribution in [0.15, 0.2) is 48.5 Å². The Hall–Kier alpha value is -1.94. The number of halogens is 3. The zero-order valence-electron chi connectivity index (χ0n) is 11.2. The van der Waals surface area contributed by atoms with Crippen LogP contribution in [0, 0.1) is 11.6 Å². The second-order valence-electron chi connectivity index (χ2n) is 4.61. The lowest BCUT2D eigenvalue weighted by atomic mass is 10.1. The van der Waals surface area contributed by atoms with Crippen molar-refractivity contribution in [2.45, 2.75) is 11.8 Å². The lowest BCUT2D eigenvalue weighted by Crippen LogP contribution is -2.28. The highest BCUT2D eigenvalue weighted by Gasteiger charge is 2.11. The smallest absolute Gasteiger partial charge is 0.224 e. The molecule has 110 valence electrons. The van der Waals surface area contributed by atoms with E-state index < -0.39 is 11.6 Å². The summed E-state index contributed by atoms with van der Waals surface area (Å²) < 4.78 is 25.8. The molecule has 0 aliphatic carbocycles. The molecule has 0 heterocycles. The number of hydrogen-bond donors (Lipinski definition) is 1. The van der Waals surface area contributed by atoms with Crippen LogP contribution >= 0.6 is 11.6 Å². The lowest BCUT2D eigenvalue weighted by Gasteiger charge is -2.11. The van der Waals surface area contributed by atoms with E-state index in [1.54, 1.807) is 0 Å². The summed E-state index contributed by atoms with van der Waals surface area (Å²) in [4.78, 5) is 11.8. The molecule has 21 heavy (non-hydrogen) atoms. The molecular weight excluding hydrogens is 296 g/mol. The monoisotopic (exact) mass is 309 g/mol. The van der Waals surface area contributed by atoms with E-state index >= 15 is 0 Å². The first-order valence-corrected chi connectivity index (χ1v) is 6.89.